The van der Waals surface area contributed by atoms with Crippen molar-refractivity contribution in [3.63, 3.8) is 0 Å². The van der Waals surface area contributed by atoms with Gasteiger partial charge in [-0.1, -0.05) is 36.4 Å². The summed E-state index contributed by atoms with van der Waals surface area (Å²) in [4.78, 5) is 13.4. The standard InChI is InChI=1S/C18H21N3O/c1-15(22)7-12-21-14-18(13-19-21)20-10-8-17(9-11-20)16-5-3-2-4-6-16/h2-6,8,13-14H,7,9-12H2,1H3. The van der Waals surface area contributed by atoms with Gasteiger partial charge in [-0.3, -0.25) is 9.48 Å². The van der Waals surface area contributed by atoms with Gasteiger partial charge in [0.25, 0.3) is 0 Å². The lowest BCUT2D eigenvalue weighted by atomic mass is 9.99. The molecule has 1 aliphatic heterocycles. The fourth-order valence-corrected chi connectivity index (χ4v) is 2.73. The number of carbonyl (C=O) groups excluding carboxylic acids is 1. The topological polar surface area (TPSA) is 38.1 Å². The van der Waals surface area contributed by atoms with Crippen LogP contribution in [-0.4, -0.2) is 28.7 Å². The third-order valence-corrected chi connectivity index (χ3v) is 4.03. The van der Waals surface area contributed by atoms with E-state index >= 15 is 0 Å². The Bertz CT molecular complexity index is 673. The van der Waals surface area contributed by atoms with E-state index in [1.54, 1.807) is 6.92 Å². The highest BCUT2D eigenvalue weighted by atomic mass is 16.1. The number of aryl methyl sites for hydroxylation is 1. The van der Waals surface area contributed by atoms with Gasteiger partial charge < -0.3 is 4.90 Å². The third kappa shape index (κ3) is 3.45. The number of ketones is 1. The number of rotatable bonds is 5. The first kappa shape index (κ1) is 14.6. The van der Waals surface area contributed by atoms with Crippen molar-refractivity contribution < 1.29 is 4.79 Å². The minimum atomic E-state index is 0.199. The van der Waals surface area contributed by atoms with Crippen LogP contribution in [0.15, 0.2) is 48.8 Å². The van der Waals surface area contributed by atoms with Crippen LogP contribution in [0.5, 0.6) is 0 Å². The van der Waals surface area contributed by atoms with Gasteiger partial charge in [0.1, 0.15) is 5.78 Å². The van der Waals surface area contributed by atoms with Crippen molar-refractivity contribution in [2.24, 2.45) is 0 Å². The normalized spacial score (nSPS) is 14.8. The van der Waals surface area contributed by atoms with Crippen LogP contribution < -0.4 is 4.90 Å². The minimum Gasteiger partial charge on any atom is -0.365 e. The Labute approximate surface area is 131 Å². The van der Waals surface area contributed by atoms with Gasteiger partial charge in [0, 0.05) is 32.3 Å². The van der Waals surface area contributed by atoms with E-state index in [4.69, 9.17) is 0 Å². The number of aromatic nitrogens is 2. The molecule has 2 aromatic rings. The van der Waals surface area contributed by atoms with E-state index in [9.17, 15) is 4.79 Å². The zero-order chi connectivity index (χ0) is 15.4. The molecule has 0 aliphatic carbocycles. The zero-order valence-electron chi connectivity index (χ0n) is 12.9. The van der Waals surface area contributed by atoms with Crippen LogP contribution in [-0.2, 0) is 11.3 Å². The van der Waals surface area contributed by atoms with Crippen LogP contribution in [0.3, 0.4) is 0 Å². The van der Waals surface area contributed by atoms with Gasteiger partial charge in [0.05, 0.1) is 11.9 Å². The number of carbonyl (C=O) groups is 1. The number of Topliss-reactive ketones (excluding diaryl/α,β-unsaturated/α-hetero) is 1. The summed E-state index contributed by atoms with van der Waals surface area (Å²) in [5, 5.41) is 4.34. The Morgan fingerprint density at radius 2 is 2.09 bits per heavy atom. The Morgan fingerprint density at radius 1 is 1.27 bits per heavy atom. The minimum absolute atomic E-state index is 0.199. The van der Waals surface area contributed by atoms with E-state index < -0.39 is 0 Å². The van der Waals surface area contributed by atoms with Crippen molar-refractivity contribution in [3.05, 3.63) is 54.4 Å². The molecule has 1 aliphatic rings. The number of hydrogen-bond donors (Lipinski definition) is 0. The van der Waals surface area contributed by atoms with E-state index in [0.29, 0.717) is 13.0 Å². The van der Waals surface area contributed by atoms with Crippen LogP contribution in [0.1, 0.15) is 25.3 Å². The zero-order valence-corrected chi connectivity index (χ0v) is 12.9. The molecule has 0 spiro atoms. The summed E-state index contributed by atoms with van der Waals surface area (Å²) < 4.78 is 1.85. The van der Waals surface area contributed by atoms with Gasteiger partial charge in [-0.05, 0) is 24.5 Å². The largest absolute Gasteiger partial charge is 0.365 e. The Kier molecular flexibility index (Phi) is 4.37. The fraction of sp³-hybridized carbons (Fsp3) is 0.333. The smallest absolute Gasteiger partial charge is 0.131 e. The van der Waals surface area contributed by atoms with Crippen LogP contribution in [0.4, 0.5) is 5.69 Å². The van der Waals surface area contributed by atoms with Crippen LogP contribution in [0.25, 0.3) is 5.57 Å². The van der Waals surface area contributed by atoms with Gasteiger partial charge >= 0.3 is 0 Å². The summed E-state index contributed by atoms with van der Waals surface area (Å²) in [5.74, 6) is 0.199. The van der Waals surface area contributed by atoms with E-state index in [1.807, 2.05) is 17.1 Å². The van der Waals surface area contributed by atoms with Gasteiger partial charge in [-0.2, -0.15) is 5.10 Å². The van der Waals surface area contributed by atoms with Crippen molar-refractivity contribution >= 4 is 17.0 Å². The van der Waals surface area contributed by atoms with Crippen LogP contribution in [0, 0.1) is 0 Å². The first-order valence-electron chi connectivity index (χ1n) is 7.73. The van der Waals surface area contributed by atoms with Crippen molar-refractivity contribution in [1.29, 1.82) is 0 Å². The molecule has 22 heavy (non-hydrogen) atoms. The van der Waals surface area contributed by atoms with Crippen LogP contribution in [0.2, 0.25) is 0 Å². The third-order valence-electron chi connectivity index (χ3n) is 4.03. The summed E-state index contributed by atoms with van der Waals surface area (Å²) in [7, 11) is 0. The van der Waals surface area contributed by atoms with Crippen molar-refractivity contribution in [2.45, 2.75) is 26.3 Å². The molecule has 114 valence electrons. The average Bonchev–Trinajstić information content (AvgIpc) is 3.03. The number of hydrogen-bond acceptors (Lipinski definition) is 3. The highest BCUT2D eigenvalue weighted by Gasteiger charge is 2.14. The van der Waals surface area contributed by atoms with Crippen LogP contribution >= 0.6 is 0 Å². The van der Waals surface area contributed by atoms with Gasteiger partial charge in [0.2, 0.25) is 0 Å². The molecule has 0 unspecified atom stereocenters. The quantitative estimate of drug-likeness (QED) is 0.850. The molecule has 0 bridgehead atoms. The van der Waals surface area contributed by atoms with E-state index in [1.165, 1.54) is 11.1 Å². The van der Waals surface area contributed by atoms with Gasteiger partial charge in [0.15, 0.2) is 0 Å². The van der Waals surface area contributed by atoms with Gasteiger partial charge in [-0.15, -0.1) is 0 Å². The first-order chi connectivity index (χ1) is 10.7. The molecule has 0 amide bonds. The monoisotopic (exact) mass is 295 g/mol. The van der Waals surface area contributed by atoms with E-state index in [2.05, 4.69) is 46.4 Å². The molecule has 0 radical (unpaired) electrons. The van der Waals surface area contributed by atoms with Crippen molar-refractivity contribution in [3.8, 4) is 0 Å². The molecule has 0 N–H and O–H groups in total. The van der Waals surface area contributed by atoms with Gasteiger partial charge in [-0.25, -0.2) is 0 Å². The molecule has 0 fully saturated rings. The summed E-state index contributed by atoms with van der Waals surface area (Å²) in [6.45, 7) is 4.18. The second kappa shape index (κ2) is 6.60. The lowest BCUT2D eigenvalue weighted by Gasteiger charge is -2.27. The Morgan fingerprint density at radius 3 is 2.77 bits per heavy atom. The fourth-order valence-electron chi connectivity index (χ4n) is 2.73. The average molecular weight is 295 g/mol. The highest BCUT2D eigenvalue weighted by Crippen LogP contribution is 2.25. The molecular formula is C18H21N3O. The van der Waals surface area contributed by atoms with E-state index in [0.717, 1.165) is 25.2 Å². The maximum atomic E-state index is 11.0. The highest BCUT2D eigenvalue weighted by molar-refractivity contribution is 5.75. The molecule has 0 atom stereocenters. The SMILES string of the molecule is CC(=O)CCn1cc(N2CC=C(c3ccccc3)CC2)cn1. The van der Waals surface area contributed by atoms with E-state index in [-0.39, 0.29) is 5.78 Å². The molecule has 0 saturated carbocycles. The molecule has 2 heterocycles. The summed E-state index contributed by atoms with van der Waals surface area (Å²) in [6, 6.07) is 10.6. The second-order valence-electron chi connectivity index (χ2n) is 5.71. The summed E-state index contributed by atoms with van der Waals surface area (Å²) in [5.41, 5.74) is 3.87. The molecule has 4 nitrogen and oxygen atoms in total. The lowest BCUT2D eigenvalue weighted by Crippen LogP contribution is -2.27. The Balaban J connectivity index is 1.64. The maximum Gasteiger partial charge on any atom is 0.131 e. The molecule has 3 rings (SSSR count). The lowest BCUT2D eigenvalue weighted by molar-refractivity contribution is -0.117. The number of anilines is 1. The first-order valence-corrected chi connectivity index (χ1v) is 7.73. The molecule has 0 saturated heterocycles. The predicted molar refractivity (Wildman–Crippen MR) is 88.8 cm³/mol. The Hall–Kier alpha value is -2.36. The summed E-state index contributed by atoms with van der Waals surface area (Å²) >= 11 is 0. The molecule has 4 heteroatoms. The van der Waals surface area contributed by atoms with Crippen molar-refractivity contribution in [1.82, 2.24) is 9.78 Å². The number of nitrogens with zero attached hydrogens (tertiary/aromatic N) is 3. The number of benzene rings is 1. The molecule has 1 aromatic carbocycles. The molecule has 1 aromatic heterocycles. The molecular weight excluding hydrogens is 274 g/mol. The van der Waals surface area contributed by atoms with Crippen molar-refractivity contribution in [2.75, 3.05) is 18.0 Å². The maximum absolute atomic E-state index is 11.0. The predicted octanol–water partition coefficient (Wildman–Crippen LogP) is 3.16. The second-order valence-corrected chi connectivity index (χ2v) is 5.71. The summed E-state index contributed by atoms with van der Waals surface area (Å²) in [6.07, 6.45) is 7.80.